The van der Waals surface area contributed by atoms with Gasteiger partial charge in [0.15, 0.2) is 0 Å². The molecule has 1 aliphatic rings. The Bertz CT molecular complexity index is 457. The van der Waals surface area contributed by atoms with Crippen LogP contribution < -0.4 is 0 Å². The molecule has 0 amide bonds. The third kappa shape index (κ3) is 6.37. The molecule has 0 saturated carbocycles. The van der Waals surface area contributed by atoms with Crippen LogP contribution in [0, 0.1) is 11.8 Å². The van der Waals surface area contributed by atoms with Crippen molar-refractivity contribution in [1.82, 2.24) is 4.90 Å². The molecule has 1 fully saturated rings. The Kier molecular flexibility index (Phi) is 7.34. The standard InChI is InChI=1S/C13H28NO5PS/c1-5-12-8-14(9-13(12)10-21(4,16)17)11-20(15,18-6-2)19-7-3/h12-13H,5-11H2,1-4H3. The molecule has 0 aromatic carbocycles. The summed E-state index contributed by atoms with van der Waals surface area (Å²) in [4.78, 5) is 2.02. The van der Waals surface area contributed by atoms with Crippen molar-refractivity contribution in [2.75, 3.05) is 44.6 Å². The molecule has 2 unspecified atom stereocenters. The molecule has 0 aliphatic carbocycles. The molecule has 0 aromatic rings. The molecule has 1 saturated heterocycles. The van der Waals surface area contributed by atoms with Gasteiger partial charge in [0.05, 0.1) is 19.0 Å². The van der Waals surface area contributed by atoms with Crippen molar-refractivity contribution >= 4 is 17.4 Å². The lowest BCUT2D eigenvalue weighted by molar-refractivity contribution is 0.201. The Balaban J connectivity index is 2.71. The topological polar surface area (TPSA) is 72.9 Å². The Morgan fingerprint density at radius 2 is 1.62 bits per heavy atom. The molecule has 21 heavy (non-hydrogen) atoms. The van der Waals surface area contributed by atoms with Gasteiger partial charge in [-0.05, 0) is 25.7 Å². The number of sulfone groups is 1. The Labute approximate surface area is 128 Å². The van der Waals surface area contributed by atoms with Crippen LogP contribution in [0.1, 0.15) is 27.2 Å². The Morgan fingerprint density at radius 3 is 2.05 bits per heavy atom. The molecule has 6 nitrogen and oxygen atoms in total. The SMILES string of the molecule is CCOP(=O)(CN1CC(CC)C(CS(C)(=O)=O)C1)OCC. The summed E-state index contributed by atoms with van der Waals surface area (Å²) in [6.45, 7) is 7.71. The number of hydrogen-bond acceptors (Lipinski definition) is 6. The predicted molar refractivity (Wildman–Crippen MR) is 84.3 cm³/mol. The highest BCUT2D eigenvalue weighted by atomic mass is 32.2. The molecule has 0 aromatic heterocycles. The average molecular weight is 341 g/mol. The lowest BCUT2D eigenvalue weighted by Crippen LogP contribution is -2.25. The minimum atomic E-state index is -3.11. The second-order valence-electron chi connectivity index (χ2n) is 5.64. The van der Waals surface area contributed by atoms with Gasteiger partial charge in [-0.2, -0.15) is 0 Å². The second kappa shape index (κ2) is 8.06. The average Bonchev–Trinajstić information content (AvgIpc) is 2.68. The fourth-order valence-electron chi connectivity index (χ4n) is 2.95. The molecule has 0 bridgehead atoms. The molecular weight excluding hydrogens is 313 g/mol. The Hall–Kier alpha value is 0.0600. The highest BCUT2D eigenvalue weighted by molar-refractivity contribution is 7.90. The van der Waals surface area contributed by atoms with Crippen molar-refractivity contribution in [2.24, 2.45) is 11.8 Å². The van der Waals surface area contributed by atoms with Gasteiger partial charge in [0.2, 0.25) is 0 Å². The predicted octanol–water partition coefficient (Wildman–Crippen LogP) is 2.21. The normalized spacial score (nSPS) is 24.6. The highest BCUT2D eigenvalue weighted by Crippen LogP contribution is 2.49. The van der Waals surface area contributed by atoms with Crippen molar-refractivity contribution in [3.05, 3.63) is 0 Å². The maximum absolute atomic E-state index is 12.6. The molecule has 0 radical (unpaired) electrons. The van der Waals surface area contributed by atoms with E-state index in [9.17, 15) is 13.0 Å². The fourth-order valence-corrected chi connectivity index (χ4v) is 5.85. The second-order valence-corrected chi connectivity index (χ2v) is 9.85. The third-order valence-electron chi connectivity index (χ3n) is 3.72. The summed E-state index contributed by atoms with van der Waals surface area (Å²) in [5.41, 5.74) is 0. The van der Waals surface area contributed by atoms with E-state index in [0.29, 0.717) is 25.7 Å². The largest absolute Gasteiger partial charge is 0.344 e. The first-order chi connectivity index (χ1) is 9.73. The molecule has 1 aliphatic heterocycles. The lowest BCUT2D eigenvalue weighted by Gasteiger charge is -2.23. The summed E-state index contributed by atoms with van der Waals surface area (Å²) in [5.74, 6) is 0.605. The van der Waals surface area contributed by atoms with Crippen molar-refractivity contribution in [2.45, 2.75) is 27.2 Å². The molecule has 2 atom stereocenters. The zero-order valence-corrected chi connectivity index (χ0v) is 15.2. The van der Waals surface area contributed by atoms with Crippen LogP contribution in [0.4, 0.5) is 0 Å². The van der Waals surface area contributed by atoms with E-state index in [2.05, 4.69) is 6.92 Å². The highest BCUT2D eigenvalue weighted by Gasteiger charge is 2.37. The summed E-state index contributed by atoms with van der Waals surface area (Å²) in [6, 6.07) is 0. The van der Waals surface area contributed by atoms with Gasteiger partial charge in [-0.3, -0.25) is 9.46 Å². The van der Waals surface area contributed by atoms with Crippen LogP contribution in [0.15, 0.2) is 0 Å². The van der Waals surface area contributed by atoms with E-state index in [0.717, 1.165) is 13.0 Å². The molecule has 126 valence electrons. The van der Waals surface area contributed by atoms with E-state index < -0.39 is 17.4 Å². The number of hydrogen-bond donors (Lipinski definition) is 0. The summed E-state index contributed by atoms with van der Waals surface area (Å²) in [7, 11) is -6.10. The molecule has 1 rings (SSSR count). The lowest BCUT2D eigenvalue weighted by atomic mass is 9.96. The van der Waals surface area contributed by atoms with Gasteiger partial charge in [-0.1, -0.05) is 13.3 Å². The van der Waals surface area contributed by atoms with Gasteiger partial charge in [-0.15, -0.1) is 0 Å². The molecule has 8 heteroatoms. The zero-order valence-electron chi connectivity index (χ0n) is 13.4. The minimum Gasteiger partial charge on any atom is -0.308 e. The van der Waals surface area contributed by atoms with Crippen LogP contribution in [-0.2, 0) is 23.4 Å². The van der Waals surface area contributed by atoms with Gasteiger partial charge in [0.1, 0.15) is 16.1 Å². The molecular formula is C13H28NO5PS. The van der Waals surface area contributed by atoms with E-state index >= 15 is 0 Å². The minimum absolute atomic E-state index is 0.0988. The first kappa shape index (κ1) is 19.1. The number of rotatable bonds is 9. The van der Waals surface area contributed by atoms with Crippen molar-refractivity contribution in [3.8, 4) is 0 Å². The summed E-state index contributed by atoms with van der Waals surface area (Å²) >= 11 is 0. The summed E-state index contributed by atoms with van der Waals surface area (Å²) < 4.78 is 46.2. The first-order valence-electron chi connectivity index (χ1n) is 7.51. The first-order valence-corrected chi connectivity index (χ1v) is 11.3. The van der Waals surface area contributed by atoms with Gasteiger partial charge in [0, 0.05) is 19.3 Å². The van der Waals surface area contributed by atoms with Gasteiger partial charge < -0.3 is 9.05 Å². The van der Waals surface area contributed by atoms with Gasteiger partial charge >= 0.3 is 7.60 Å². The van der Waals surface area contributed by atoms with E-state index in [1.165, 1.54) is 6.26 Å². The van der Waals surface area contributed by atoms with Crippen molar-refractivity contribution in [1.29, 1.82) is 0 Å². The van der Waals surface area contributed by atoms with Crippen LogP contribution in [-0.4, -0.2) is 57.9 Å². The van der Waals surface area contributed by atoms with Crippen molar-refractivity contribution < 1.29 is 22.0 Å². The summed E-state index contributed by atoms with van der Waals surface area (Å²) in [6.07, 6.45) is 2.43. The fraction of sp³-hybridized carbons (Fsp3) is 1.00. The summed E-state index contributed by atoms with van der Waals surface area (Å²) in [5, 5.41) is 0. The van der Waals surface area contributed by atoms with Crippen LogP contribution in [0.25, 0.3) is 0 Å². The quantitative estimate of drug-likeness (QED) is 0.599. The smallest absolute Gasteiger partial charge is 0.308 e. The molecule has 1 heterocycles. The maximum atomic E-state index is 12.6. The van der Waals surface area contributed by atoms with Crippen LogP contribution in [0.5, 0.6) is 0 Å². The van der Waals surface area contributed by atoms with Crippen LogP contribution in [0.3, 0.4) is 0 Å². The van der Waals surface area contributed by atoms with Gasteiger partial charge in [0.25, 0.3) is 0 Å². The third-order valence-corrected chi connectivity index (χ3v) is 6.80. The van der Waals surface area contributed by atoms with Crippen LogP contribution in [0.2, 0.25) is 0 Å². The van der Waals surface area contributed by atoms with Crippen LogP contribution >= 0.6 is 7.60 Å². The number of likely N-dealkylation sites (tertiary alicyclic amines) is 1. The Morgan fingerprint density at radius 1 is 1.10 bits per heavy atom. The zero-order chi connectivity index (χ0) is 16.1. The number of nitrogens with zero attached hydrogens (tertiary/aromatic N) is 1. The maximum Gasteiger partial charge on any atom is 0.344 e. The molecule has 0 spiro atoms. The molecule has 0 N–H and O–H groups in total. The van der Waals surface area contributed by atoms with E-state index in [1.807, 2.05) is 4.90 Å². The van der Waals surface area contributed by atoms with E-state index in [4.69, 9.17) is 9.05 Å². The van der Waals surface area contributed by atoms with Crippen molar-refractivity contribution in [3.63, 3.8) is 0 Å². The van der Waals surface area contributed by atoms with Gasteiger partial charge in [-0.25, -0.2) is 8.42 Å². The van der Waals surface area contributed by atoms with E-state index in [1.54, 1.807) is 13.8 Å². The van der Waals surface area contributed by atoms with E-state index in [-0.39, 0.29) is 18.0 Å². The monoisotopic (exact) mass is 341 g/mol.